The van der Waals surface area contributed by atoms with E-state index in [4.69, 9.17) is 0 Å². The monoisotopic (exact) mass is 264 g/mol. The Morgan fingerprint density at radius 1 is 1.39 bits per heavy atom. The summed E-state index contributed by atoms with van der Waals surface area (Å²) in [5, 5.41) is 13.5. The largest absolute Gasteiger partial charge is 0.328 e. The molecule has 96 valence electrons. The van der Waals surface area contributed by atoms with Crippen LogP contribution in [-0.4, -0.2) is 27.8 Å². The van der Waals surface area contributed by atoms with Gasteiger partial charge in [0.2, 0.25) is 5.56 Å². The van der Waals surface area contributed by atoms with E-state index in [0.717, 1.165) is 28.5 Å². The first-order valence-corrected chi connectivity index (χ1v) is 6.71. The number of H-pyrrole nitrogens is 1. The number of hydrogen-bond acceptors (Lipinski definition) is 5. The minimum atomic E-state index is -0.107. The summed E-state index contributed by atoms with van der Waals surface area (Å²) in [4.78, 5) is 13.6. The average Bonchev–Trinajstić information content (AvgIpc) is 2.78. The van der Waals surface area contributed by atoms with Crippen molar-refractivity contribution in [2.45, 2.75) is 26.3 Å². The molecule has 2 aromatic heterocycles. The van der Waals surface area contributed by atoms with Gasteiger partial charge in [0.15, 0.2) is 0 Å². The van der Waals surface area contributed by atoms with E-state index in [1.54, 1.807) is 23.6 Å². The van der Waals surface area contributed by atoms with Crippen LogP contribution >= 0.6 is 11.3 Å². The zero-order chi connectivity index (χ0) is 13.0. The number of nitrogens with zero attached hydrogens (tertiary/aromatic N) is 2. The SMILES string of the molecule is CC(C)NCCc1nnc(-c2ccc(=O)[nH]c2)s1. The number of pyridine rings is 1. The maximum atomic E-state index is 11.0. The summed E-state index contributed by atoms with van der Waals surface area (Å²) >= 11 is 1.56. The van der Waals surface area contributed by atoms with Gasteiger partial charge in [0.05, 0.1) is 0 Å². The lowest BCUT2D eigenvalue weighted by molar-refractivity contribution is 0.588. The van der Waals surface area contributed by atoms with E-state index < -0.39 is 0 Å². The molecule has 18 heavy (non-hydrogen) atoms. The molecule has 5 nitrogen and oxygen atoms in total. The highest BCUT2D eigenvalue weighted by Gasteiger charge is 2.06. The molecular weight excluding hydrogens is 248 g/mol. The second-order valence-corrected chi connectivity index (χ2v) is 5.36. The average molecular weight is 264 g/mol. The Hall–Kier alpha value is -1.53. The fraction of sp³-hybridized carbons (Fsp3) is 0.417. The molecule has 0 atom stereocenters. The molecule has 2 rings (SSSR count). The van der Waals surface area contributed by atoms with Gasteiger partial charge in [-0.25, -0.2) is 0 Å². The topological polar surface area (TPSA) is 70.7 Å². The summed E-state index contributed by atoms with van der Waals surface area (Å²) < 4.78 is 0. The summed E-state index contributed by atoms with van der Waals surface area (Å²) in [6.07, 6.45) is 2.54. The van der Waals surface area contributed by atoms with Gasteiger partial charge in [-0.05, 0) is 6.07 Å². The van der Waals surface area contributed by atoms with Crippen molar-refractivity contribution in [3.05, 3.63) is 33.7 Å². The lowest BCUT2D eigenvalue weighted by atomic mass is 10.3. The van der Waals surface area contributed by atoms with Crippen LogP contribution in [0.15, 0.2) is 23.1 Å². The highest BCUT2D eigenvalue weighted by Crippen LogP contribution is 2.21. The van der Waals surface area contributed by atoms with Crippen LogP contribution in [0.2, 0.25) is 0 Å². The van der Waals surface area contributed by atoms with Crippen molar-refractivity contribution >= 4 is 11.3 Å². The maximum Gasteiger partial charge on any atom is 0.247 e. The summed E-state index contributed by atoms with van der Waals surface area (Å²) in [7, 11) is 0. The first-order valence-electron chi connectivity index (χ1n) is 5.90. The number of aromatic amines is 1. The third-order valence-corrected chi connectivity index (χ3v) is 3.42. The van der Waals surface area contributed by atoms with E-state index in [1.165, 1.54) is 6.07 Å². The molecule has 0 saturated carbocycles. The summed E-state index contributed by atoms with van der Waals surface area (Å²) in [5.41, 5.74) is 0.791. The van der Waals surface area contributed by atoms with Crippen LogP contribution in [0.1, 0.15) is 18.9 Å². The Balaban J connectivity index is 2.01. The van der Waals surface area contributed by atoms with Crippen LogP contribution in [0.3, 0.4) is 0 Å². The third kappa shape index (κ3) is 3.48. The van der Waals surface area contributed by atoms with Gasteiger partial charge in [-0.15, -0.1) is 10.2 Å². The van der Waals surface area contributed by atoms with Gasteiger partial charge in [0, 0.05) is 36.8 Å². The molecule has 0 aliphatic heterocycles. The number of hydrogen-bond donors (Lipinski definition) is 2. The highest BCUT2D eigenvalue weighted by atomic mass is 32.1. The summed E-state index contributed by atoms with van der Waals surface area (Å²) in [6, 6.07) is 3.74. The Morgan fingerprint density at radius 3 is 2.89 bits per heavy atom. The zero-order valence-electron chi connectivity index (χ0n) is 10.4. The van der Waals surface area contributed by atoms with Gasteiger partial charge >= 0.3 is 0 Å². The lowest BCUT2D eigenvalue weighted by Gasteiger charge is -2.05. The molecule has 0 aliphatic carbocycles. The Bertz CT molecular complexity index is 541. The quantitative estimate of drug-likeness (QED) is 0.857. The smallest absolute Gasteiger partial charge is 0.247 e. The zero-order valence-corrected chi connectivity index (χ0v) is 11.3. The van der Waals surface area contributed by atoms with Gasteiger partial charge in [0.1, 0.15) is 10.0 Å². The van der Waals surface area contributed by atoms with Crippen molar-refractivity contribution in [1.29, 1.82) is 0 Å². The molecule has 0 aliphatic rings. The number of aromatic nitrogens is 3. The Morgan fingerprint density at radius 2 is 2.22 bits per heavy atom. The molecule has 6 heteroatoms. The molecule has 0 aromatic carbocycles. The molecule has 0 amide bonds. The van der Waals surface area contributed by atoms with Crippen molar-refractivity contribution in [2.75, 3.05) is 6.54 Å². The molecule has 2 aromatic rings. The lowest BCUT2D eigenvalue weighted by Crippen LogP contribution is -2.24. The Kier molecular flexibility index (Phi) is 4.22. The van der Waals surface area contributed by atoms with Crippen LogP contribution in [0.4, 0.5) is 0 Å². The van der Waals surface area contributed by atoms with Crippen molar-refractivity contribution in [3.8, 4) is 10.6 Å². The number of nitrogens with one attached hydrogen (secondary N) is 2. The van der Waals surface area contributed by atoms with Gasteiger partial charge < -0.3 is 10.3 Å². The highest BCUT2D eigenvalue weighted by molar-refractivity contribution is 7.14. The molecule has 0 fully saturated rings. The molecule has 0 saturated heterocycles. The van der Waals surface area contributed by atoms with Crippen molar-refractivity contribution in [1.82, 2.24) is 20.5 Å². The van der Waals surface area contributed by atoms with E-state index in [1.807, 2.05) is 0 Å². The molecule has 0 spiro atoms. The molecule has 0 radical (unpaired) electrons. The van der Waals surface area contributed by atoms with E-state index in [9.17, 15) is 4.79 Å². The Labute approximate surface area is 109 Å². The molecule has 0 unspecified atom stereocenters. The van der Waals surface area contributed by atoms with Crippen molar-refractivity contribution in [3.63, 3.8) is 0 Å². The van der Waals surface area contributed by atoms with Crippen LogP contribution in [0.25, 0.3) is 10.6 Å². The van der Waals surface area contributed by atoms with Gasteiger partial charge in [0.25, 0.3) is 0 Å². The standard InChI is InChI=1S/C12H16N4OS/c1-8(2)13-6-5-11-15-16-12(18-11)9-3-4-10(17)14-7-9/h3-4,7-8,13H,5-6H2,1-2H3,(H,14,17). The van der Waals surface area contributed by atoms with E-state index in [2.05, 4.69) is 34.3 Å². The molecular formula is C12H16N4OS. The molecule has 2 heterocycles. The predicted molar refractivity (Wildman–Crippen MR) is 72.8 cm³/mol. The van der Waals surface area contributed by atoms with Crippen LogP contribution in [0, 0.1) is 0 Å². The molecule has 0 bridgehead atoms. The third-order valence-electron chi connectivity index (χ3n) is 2.39. The maximum absolute atomic E-state index is 11.0. The second kappa shape index (κ2) is 5.88. The van der Waals surface area contributed by atoms with E-state index in [0.29, 0.717) is 6.04 Å². The minimum Gasteiger partial charge on any atom is -0.328 e. The van der Waals surface area contributed by atoms with E-state index in [-0.39, 0.29) is 5.56 Å². The second-order valence-electron chi connectivity index (χ2n) is 4.30. The van der Waals surface area contributed by atoms with Crippen LogP contribution < -0.4 is 10.9 Å². The van der Waals surface area contributed by atoms with Crippen molar-refractivity contribution in [2.24, 2.45) is 0 Å². The molecule has 2 N–H and O–H groups in total. The fourth-order valence-electron chi connectivity index (χ4n) is 1.48. The summed E-state index contributed by atoms with van der Waals surface area (Å²) in [5.74, 6) is 0. The minimum absolute atomic E-state index is 0.107. The first kappa shape index (κ1) is 12.9. The number of rotatable bonds is 5. The van der Waals surface area contributed by atoms with Gasteiger partial charge in [-0.3, -0.25) is 4.79 Å². The fourth-order valence-corrected chi connectivity index (χ4v) is 2.32. The van der Waals surface area contributed by atoms with E-state index >= 15 is 0 Å². The van der Waals surface area contributed by atoms with Crippen LogP contribution in [0.5, 0.6) is 0 Å². The van der Waals surface area contributed by atoms with Gasteiger partial charge in [-0.2, -0.15) is 0 Å². The van der Waals surface area contributed by atoms with Crippen LogP contribution in [-0.2, 0) is 6.42 Å². The first-order chi connectivity index (χ1) is 8.65. The summed E-state index contributed by atoms with van der Waals surface area (Å²) in [6.45, 7) is 5.13. The normalized spacial score (nSPS) is 11.1. The van der Waals surface area contributed by atoms with Crippen molar-refractivity contribution < 1.29 is 0 Å². The predicted octanol–water partition coefficient (Wildman–Crippen LogP) is 1.43. The van der Waals surface area contributed by atoms with Gasteiger partial charge in [-0.1, -0.05) is 25.2 Å².